The molecule has 164 valence electrons. The Morgan fingerprint density at radius 2 is 1.77 bits per heavy atom. The van der Waals surface area contributed by atoms with Crippen molar-refractivity contribution in [2.45, 2.75) is 19.9 Å². The van der Waals surface area contributed by atoms with Crippen LogP contribution in [0.25, 0.3) is 10.9 Å². The van der Waals surface area contributed by atoms with Crippen LogP contribution in [-0.2, 0) is 0 Å². The Balaban J connectivity index is 1.50. The van der Waals surface area contributed by atoms with E-state index in [4.69, 9.17) is 9.47 Å². The topological polar surface area (TPSA) is 71.9 Å². The number of benzene rings is 1. The predicted octanol–water partition coefficient (Wildman–Crippen LogP) is 3.66. The number of fused-ring (bicyclic) bond motifs is 1. The third kappa shape index (κ3) is 4.10. The van der Waals surface area contributed by atoms with Gasteiger partial charge in [-0.05, 0) is 38.1 Å². The van der Waals surface area contributed by atoms with Gasteiger partial charge in [0.05, 0.1) is 25.4 Å². The first-order valence-electron chi connectivity index (χ1n) is 10.5. The second-order valence-corrected chi connectivity index (χ2v) is 7.88. The highest BCUT2D eigenvalue weighted by Crippen LogP contribution is 2.33. The quantitative estimate of drug-likeness (QED) is 0.675. The van der Waals surface area contributed by atoms with Crippen LogP contribution < -0.4 is 19.7 Å². The Morgan fingerprint density at radius 3 is 2.45 bits per heavy atom. The van der Waals surface area contributed by atoms with E-state index in [-0.39, 0.29) is 6.03 Å². The number of pyridine rings is 1. The van der Waals surface area contributed by atoms with Crippen molar-refractivity contribution in [3.8, 4) is 11.5 Å². The number of amides is 1. The van der Waals surface area contributed by atoms with Gasteiger partial charge in [-0.15, -0.1) is 0 Å². The van der Waals surface area contributed by atoms with E-state index in [0.717, 1.165) is 35.5 Å². The largest absolute Gasteiger partial charge is 0.493 e. The summed E-state index contributed by atoms with van der Waals surface area (Å²) in [6, 6.07) is 9.93. The maximum absolute atomic E-state index is 13.3. The molecule has 0 unspecified atom stereocenters. The van der Waals surface area contributed by atoms with E-state index in [1.165, 1.54) is 0 Å². The van der Waals surface area contributed by atoms with Crippen LogP contribution in [0.5, 0.6) is 11.5 Å². The van der Waals surface area contributed by atoms with Gasteiger partial charge in [0.15, 0.2) is 17.3 Å². The Labute approximate surface area is 182 Å². The number of nitrogens with zero attached hydrogens (tertiary/aromatic N) is 4. The molecule has 31 heavy (non-hydrogen) atoms. The molecule has 1 aliphatic rings. The van der Waals surface area contributed by atoms with Crippen LogP contribution in [0.3, 0.4) is 0 Å². The van der Waals surface area contributed by atoms with Gasteiger partial charge in [0.25, 0.3) is 0 Å². The minimum absolute atomic E-state index is 0.0385. The molecule has 1 aromatic carbocycles. The van der Waals surface area contributed by atoms with Crippen LogP contribution in [0.1, 0.15) is 13.8 Å². The average molecular weight is 424 g/mol. The fourth-order valence-electron chi connectivity index (χ4n) is 3.96. The highest BCUT2D eigenvalue weighted by Gasteiger charge is 2.25. The first-order chi connectivity index (χ1) is 15.0. The lowest BCUT2D eigenvalue weighted by Gasteiger charge is -2.36. The zero-order chi connectivity index (χ0) is 22.0. The first-order valence-corrected chi connectivity index (χ1v) is 10.5. The fourth-order valence-corrected chi connectivity index (χ4v) is 3.96. The Hall–Kier alpha value is -3.42. The van der Waals surface area contributed by atoms with E-state index < -0.39 is 0 Å². The van der Waals surface area contributed by atoms with E-state index in [2.05, 4.69) is 29.0 Å². The van der Waals surface area contributed by atoms with Gasteiger partial charge in [0.1, 0.15) is 0 Å². The van der Waals surface area contributed by atoms with Crippen LogP contribution in [0.15, 0.2) is 42.7 Å². The fraction of sp³-hybridized carbons (Fsp3) is 0.391. The molecule has 1 saturated heterocycles. The van der Waals surface area contributed by atoms with E-state index in [0.29, 0.717) is 30.6 Å². The number of piperazine rings is 1. The van der Waals surface area contributed by atoms with Gasteiger partial charge in [-0.1, -0.05) is 0 Å². The van der Waals surface area contributed by atoms with E-state index >= 15 is 0 Å². The number of hydrogen-bond donors (Lipinski definition) is 1. The number of aromatic nitrogens is 2. The Bertz CT molecular complexity index is 1070. The van der Waals surface area contributed by atoms with Crippen molar-refractivity contribution in [1.82, 2.24) is 14.5 Å². The molecule has 0 atom stereocenters. The third-order valence-corrected chi connectivity index (χ3v) is 5.48. The summed E-state index contributed by atoms with van der Waals surface area (Å²) in [5.41, 5.74) is 1.83. The summed E-state index contributed by atoms with van der Waals surface area (Å²) in [5.74, 6) is 2.19. The van der Waals surface area contributed by atoms with Crippen LogP contribution >= 0.6 is 0 Å². The van der Waals surface area contributed by atoms with Gasteiger partial charge >= 0.3 is 6.03 Å². The minimum atomic E-state index is -0.0385. The molecule has 0 spiro atoms. The second-order valence-electron chi connectivity index (χ2n) is 7.88. The lowest BCUT2D eigenvalue weighted by atomic mass is 10.2. The number of carbonyl (C=O) groups is 1. The number of nitrogens with one attached hydrogen (secondary N) is 1. The molecular weight excluding hydrogens is 394 g/mol. The van der Waals surface area contributed by atoms with E-state index in [9.17, 15) is 4.79 Å². The van der Waals surface area contributed by atoms with E-state index in [1.807, 2.05) is 47.6 Å². The zero-order valence-corrected chi connectivity index (χ0v) is 18.5. The number of methoxy groups -OCH3 is 2. The summed E-state index contributed by atoms with van der Waals surface area (Å²) in [4.78, 5) is 21.9. The molecule has 1 aliphatic heterocycles. The molecule has 0 radical (unpaired) electrons. The Kier molecular flexibility index (Phi) is 5.88. The normalized spacial score (nSPS) is 14.2. The predicted molar refractivity (Wildman–Crippen MR) is 123 cm³/mol. The smallest absolute Gasteiger partial charge is 0.328 e. The van der Waals surface area contributed by atoms with Gasteiger partial charge in [0, 0.05) is 56.1 Å². The zero-order valence-electron chi connectivity index (χ0n) is 18.5. The number of rotatable bonds is 5. The maximum atomic E-state index is 13.3. The first kappa shape index (κ1) is 20.8. The van der Waals surface area contributed by atoms with Crippen LogP contribution in [-0.4, -0.2) is 66.9 Å². The number of ether oxygens (including phenoxy) is 2. The molecule has 1 fully saturated rings. The molecule has 8 heteroatoms. The SMILES string of the molecule is COc1cc2ccn(C(=O)N3CCN(c4ncccc4NC(C)C)CC3)c2cc1OC. The molecule has 0 saturated carbocycles. The molecule has 0 aliphatic carbocycles. The summed E-state index contributed by atoms with van der Waals surface area (Å²) < 4.78 is 12.5. The molecule has 1 amide bonds. The van der Waals surface area contributed by atoms with E-state index in [1.54, 1.807) is 18.8 Å². The number of anilines is 2. The molecule has 1 N–H and O–H groups in total. The van der Waals surface area contributed by atoms with Crippen molar-refractivity contribution in [3.63, 3.8) is 0 Å². The second kappa shape index (κ2) is 8.75. The number of hydrogen-bond acceptors (Lipinski definition) is 6. The summed E-state index contributed by atoms with van der Waals surface area (Å²) in [6.07, 6.45) is 3.62. The highest BCUT2D eigenvalue weighted by molar-refractivity contribution is 5.93. The summed E-state index contributed by atoms with van der Waals surface area (Å²) in [7, 11) is 3.20. The van der Waals surface area contributed by atoms with Crippen molar-refractivity contribution in [3.05, 3.63) is 42.7 Å². The third-order valence-electron chi connectivity index (χ3n) is 5.48. The Morgan fingerprint density at radius 1 is 1.06 bits per heavy atom. The van der Waals surface area contributed by atoms with Crippen LogP contribution in [0, 0.1) is 0 Å². The number of carbonyl (C=O) groups excluding carboxylic acids is 1. The van der Waals surface area contributed by atoms with Gasteiger partial charge in [-0.3, -0.25) is 4.57 Å². The van der Waals surface area contributed by atoms with Crippen molar-refractivity contribution in [2.24, 2.45) is 0 Å². The van der Waals surface area contributed by atoms with Crippen LogP contribution in [0.4, 0.5) is 16.3 Å². The van der Waals surface area contributed by atoms with Gasteiger partial charge in [0.2, 0.25) is 0 Å². The molecule has 3 aromatic rings. The monoisotopic (exact) mass is 423 g/mol. The van der Waals surface area contributed by atoms with Crippen molar-refractivity contribution in [1.29, 1.82) is 0 Å². The summed E-state index contributed by atoms with van der Waals surface area (Å²) >= 11 is 0. The van der Waals surface area contributed by atoms with Crippen LogP contribution in [0.2, 0.25) is 0 Å². The standard InChI is InChI=1S/C23H29N5O3/c1-16(2)25-18-6-5-8-24-22(18)26-10-12-27(13-11-26)23(29)28-9-7-17-14-20(30-3)21(31-4)15-19(17)28/h5-9,14-16,25H,10-13H2,1-4H3. The molecular formula is C23H29N5O3. The molecule has 8 nitrogen and oxygen atoms in total. The molecule has 4 rings (SSSR count). The van der Waals surface area contributed by atoms with Gasteiger partial charge in [-0.2, -0.15) is 0 Å². The minimum Gasteiger partial charge on any atom is -0.493 e. The van der Waals surface area contributed by atoms with Gasteiger partial charge < -0.3 is 24.6 Å². The molecule has 0 bridgehead atoms. The lowest BCUT2D eigenvalue weighted by Crippen LogP contribution is -2.50. The lowest BCUT2D eigenvalue weighted by molar-refractivity contribution is 0.197. The van der Waals surface area contributed by atoms with Crippen molar-refractivity contribution < 1.29 is 14.3 Å². The summed E-state index contributed by atoms with van der Waals surface area (Å²) in [5, 5.41) is 4.39. The van der Waals surface area contributed by atoms with Gasteiger partial charge in [-0.25, -0.2) is 9.78 Å². The van der Waals surface area contributed by atoms with Crippen molar-refractivity contribution in [2.75, 3.05) is 50.6 Å². The van der Waals surface area contributed by atoms with Crippen molar-refractivity contribution >= 4 is 28.4 Å². The molecule has 3 heterocycles. The summed E-state index contributed by atoms with van der Waals surface area (Å²) in [6.45, 7) is 6.93. The highest BCUT2D eigenvalue weighted by atomic mass is 16.5. The molecule has 2 aromatic heterocycles. The average Bonchev–Trinajstić information content (AvgIpc) is 3.20. The maximum Gasteiger partial charge on any atom is 0.328 e.